The predicted molar refractivity (Wildman–Crippen MR) is 110 cm³/mol. The van der Waals surface area contributed by atoms with Crippen LogP contribution in [0.5, 0.6) is 0 Å². The van der Waals surface area contributed by atoms with E-state index in [1.807, 2.05) is 0 Å². The van der Waals surface area contributed by atoms with Gasteiger partial charge >= 0.3 is 0 Å². The number of hydrogen-bond acceptors (Lipinski definition) is 6. The number of aliphatic hydroxyl groups is 6. The normalized spacial score (nSPS) is 17.7. The third kappa shape index (κ3) is 5.89. The fourth-order valence-electron chi connectivity index (χ4n) is 4.14. The Morgan fingerprint density at radius 2 is 1.14 bits per heavy atom. The van der Waals surface area contributed by atoms with Gasteiger partial charge in [-0.3, -0.25) is 0 Å². The molecule has 1 unspecified atom stereocenters. The van der Waals surface area contributed by atoms with Crippen molar-refractivity contribution < 1.29 is 65.8 Å². The van der Waals surface area contributed by atoms with Gasteiger partial charge < -0.3 is 30.6 Å². The highest BCUT2D eigenvalue weighted by Gasteiger charge is 2.55. The number of hydrogen-bond donors (Lipinski definition) is 6. The summed E-state index contributed by atoms with van der Waals surface area (Å²) in [6, 6.07) is -0.214. The standard InChI is InChI=1S/C23H24F8O6/c1-2-3-22(36,6-9-11(24)4-13(26)18(30)16(9)28)21(35)23(37,20(34)15(33)8-32)7-10-12(25)5-14(27)19(31)17(10)29/h4-5,15,20-21,32-37H,2-3,6-8H2,1H3/t15-,20+,21+,22?,23+/m0/s1. The summed E-state index contributed by atoms with van der Waals surface area (Å²) in [7, 11) is 0. The highest BCUT2D eigenvalue weighted by Crippen LogP contribution is 2.37. The van der Waals surface area contributed by atoms with Crippen LogP contribution < -0.4 is 0 Å². The molecule has 208 valence electrons. The first-order valence-electron chi connectivity index (χ1n) is 10.8. The molecule has 14 heteroatoms. The smallest absolute Gasteiger partial charge is 0.194 e. The Labute approximate surface area is 205 Å². The second kappa shape index (κ2) is 11.6. The van der Waals surface area contributed by atoms with Crippen LogP contribution in [0.4, 0.5) is 35.1 Å². The molecular formula is C23H24F8O6. The van der Waals surface area contributed by atoms with Crippen molar-refractivity contribution in [3.05, 3.63) is 69.8 Å². The summed E-state index contributed by atoms with van der Waals surface area (Å²) in [5.74, 6) is -16.2. The van der Waals surface area contributed by atoms with Crippen molar-refractivity contribution in [3.63, 3.8) is 0 Å². The molecule has 6 nitrogen and oxygen atoms in total. The lowest BCUT2D eigenvalue weighted by molar-refractivity contribution is -0.230. The van der Waals surface area contributed by atoms with Gasteiger partial charge in [0.25, 0.3) is 0 Å². The largest absolute Gasteiger partial charge is 0.394 e. The first-order valence-corrected chi connectivity index (χ1v) is 10.8. The minimum Gasteiger partial charge on any atom is -0.394 e. The van der Waals surface area contributed by atoms with Crippen molar-refractivity contribution in [1.29, 1.82) is 0 Å². The Bertz CT molecular complexity index is 1140. The van der Waals surface area contributed by atoms with Gasteiger partial charge in [-0.1, -0.05) is 13.3 Å². The molecule has 0 heterocycles. The Kier molecular flexibility index (Phi) is 9.66. The van der Waals surface area contributed by atoms with Crippen LogP contribution in [0.2, 0.25) is 0 Å². The first kappa shape index (κ1) is 30.9. The lowest BCUT2D eigenvalue weighted by Crippen LogP contribution is -2.66. The maximum atomic E-state index is 14.4. The maximum absolute atomic E-state index is 14.4. The van der Waals surface area contributed by atoms with Crippen LogP contribution in [0.1, 0.15) is 30.9 Å². The summed E-state index contributed by atoms with van der Waals surface area (Å²) in [5, 5.41) is 62.9. The third-order valence-corrected chi connectivity index (χ3v) is 6.09. The van der Waals surface area contributed by atoms with E-state index in [2.05, 4.69) is 0 Å². The van der Waals surface area contributed by atoms with E-state index >= 15 is 0 Å². The number of rotatable bonds is 11. The Balaban J connectivity index is 2.71. The monoisotopic (exact) mass is 548 g/mol. The molecule has 0 radical (unpaired) electrons. The molecule has 2 aromatic carbocycles. The molecule has 0 spiro atoms. The van der Waals surface area contributed by atoms with Gasteiger partial charge in [-0.2, -0.15) is 0 Å². The third-order valence-electron chi connectivity index (χ3n) is 6.09. The summed E-state index contributed by atoms with van der Waals surface area (Å²) in [4.78, 5) is 0. The van der Waals surface area contributed by atoms with E-state index < -0.39 is 113 Å². The lowest BCUT2D eigenvalue weighted by atomic mass is 9.71. The fourth-order valence-corrected chi connectivity index (χ4v) is 4.14. The second-order valence-electron chi connectivity index (χ2n) is 8.69. The zero-order chi connectivity index (χ0) is 28.5. The van der Waals surface area contributed by atoms with Crippen molar-refractivity contribution >= 4 is 0 Å². The zero-order valence-electron chi connectivity index (χ0n) is 19.1. The van der Waals surface area contributed by atoms with Crippen molar-refractivity contribution in [2.75, 3.05) is 6.61 Å². The van der Waals surface area contributed by atoms with Crippen LogP contribution in [-0.2, 0) is 12.8 Å². The van der Waals surface area contributed by atoms with E-state index in [0.717, 1.165) is 0 Å². The van der Waals surface area contributed by atoms with E-state index in [9.17, 15) is 65.8 Å². The van der Waals surface area contributed by atoms with Gasteiger partial charge in [0.15, 0.2) is 34.9 Å². The van der Waals surface area contributed by atoms with Crippen molar-refractivity contribution in [2.24, 2.45) is 0 Å². The molecule has 0 bridgehead atoms. The summed E-state index contributed by atoms with van der Waals surface area (Å²) in [6.07, 6.45) is -12.0. The number of halogens is 8. The van der Waals surface area contributed by atoms with E-state index in [4.69, 9.17) is 0 Å². The highest BCUT2D eigenvalue weighted by molar-refractivity contribution is 5.28. The molecule has 0 aliphatic carbocycles. The molecule has 0 saturated heterocycles. The average molecular weight is 548 g/mol. The molecule has 2 aromatic rings. The molecule has 37 heavy (non-hydrogen) atoms. The molecule has 5 atom stereocenters. The average Bonchev–Trinajstić information content (AvgIpc) is 2.85. The summed E-state index contributed by atoms with van der Waals surface area (Å²) in [5.41, 5.74) is -9.31. The van der Waals surface area contributed by atoms with Gasteiger partial charge in [-0.05, 0) is 6.42 Å². The molecule has 0 amide bonds. The minimum absolute atomic E-state index is 0.0743. The van der Waals surface area contributed by atoms with Crippen molar-refractivity contribution in [3.8, 4) is 0 Å². The molecular weight excluding hydrogens is 524 g/mol. The molecule has 0 aromatic heterocycles. The Morgan fingerprint density at radius 1 is 0.703 bits per heavy atom. The second-order valence-corrected chi connectivity index (χ2v) is 8.69. The van der Waals surface area contributed by atoms with Crippen molar-refractivity contribution in [1.82, 2.24) is 0 Å². The van der Waals surface area contributed by atoms with Crippen molar-refractivity contribution in [2.45, 2.75) is 62.1 Å². The van der Waals surface area contributed by atoms with Crippen LogP contribution in [-0.4, -0.2) is 66.8 Å². The van der Waals surface area contributed by atoms with Gasteiger partial charge in [0.05, 0.1) is 12.2 Å². The van der Waals surface area contributed by atoms with Crippen LogP contribution in [0.15, 0.2) is 12.1 Å². The van der Waals surface area contributed by atoms with Crippen LogP contribution in [0.25, 0.3) is 0 Å². The summed E-state index contributed by atoms with van der Waals surface area (Å²) >= 11 is 0. The van der Waals surface area contributed by atoms with Gasteiger partial charge in [-0.25, -0.2) is 35.1 Å². The SMILES string of the molecule is CCCC(O)(Cc1c(F)cc(F)c(F)c1F)[C@@H](O)[C@@](O)(Cc1c(F)cc(F)c(F)c1F)[C@H](O)[C@@H](O)CO. The topological polar surface area (TPSA) is 121 Å². The predicted octanol–water partition coefficient (Wildman–Crippen LogP) is 1.92. The maximum Gasteiger partial charge on any atom is 0.194 e. The zero-order valence-corrected chi connectivity index (χ0v) is 19.1. The van der Waals surface area contributed by atoms with Gasteiger partial charge in [0.2, 0.25) is 0 Å². The molecule has 0 saturated carbocycles. The summed E-state index contributed by atoms with van der Waals surface area (Å²) < 4.78 is 112. The van der Waals surface area contributed by atoms with E-state index in [0.29, 0.717) is 0 Å². The Morgan fingerprint density at radius 3 is 1.54 bits per heavy atom. The number of aliphatic hydroxyl groups excluding tert-OH is 4. The molecule has 2 rings (SSSR count). The fraction of sp³-hybridized carbons (Fsp3) is 0.478. The van der Waals surface area contributed by atoms with Crippen LogP contribution in [0, 0.1) is 46.5 Å². The minimum atomic E-state index is -3.52. The molecule has 0 fully saturated rings. The van der Waals surface area contributed by atoms with E-state index in [1.54, 1.807) is 0 Å². The summed E-state index contributed by atoms with van der Waals surface area (Å²) in [6.45, 7) is 0.0139. The van der Waals surface area contributed by atoms with Gasteiger partial charge in [0, 0.05) is 36.1 Å². The highest BCUT2D eigenvalue weighted by atomic mass is 19.2. The lowest BCUT2D eigenvalue weighted by Gasteiger charge is -2.46. The van der Waals surface area contributed by atoms with Crippen LogP contribution in [0.3, 0.4) is 0 Å². The van der Waals surface area contributed by atoms with Gasteiger partial charge in [0.1, 0.15) is 35.5 Å². The molecule has 0 aliphatic rings. The number of benzene rings is 2. The molecule has 6 N–H and O–H groups in total. The Hall–Kier alpha value is -2.36. The van der Waals surface area contributed by atoms with Gasteiger partial charge in [-0.15, -0.1) is 0 Å². The molecule has 0 aliphatic heterocycles. The first-order chi connectivity index (χ1) is 17.0. The quantitative estimate of drug-likeness (QED) is 0.145. The van der Waals surface area contributed by atoms with E-state index in [-0.39, 0.29) is 18.6 Å². The van der Waals surface area contributed by atoms with E-state index in [1.165, 1.54) is 6.92 Å². The van der Waals surface area contributed by atoms with Crippen LogP contribution >= 0.6 is 0 Å².